The van der Waals surface area contributed by atoms with Crippen molar-refractivity contribution < 1.29 is 18.7 Å². The maximum atomic E-state index is 13.3. The predicted octanol–water partition coefficient (Wildman–Crippen LogP) is 3.23. The molecule has 3 heterocycles. The van der Waals surface area contributed by atoms with E-state index in [1.165, 1.54) is 18.2 Å². The van der Waals surface area contributed by atoms with Crippen LogP contribution in [0.4, 0.5) is 10.1 Å². The van der Waals surface area contributed by atoms with Crippen LogP contribution in [0.1, 0.15) is 35.3 Å². The van der Waals surface area contributed by atoms with Crippen LogP contribution in [-0.2, 0) is 11.3 Å². The second-order valence-electron chi connectivity index (χ2n) is 7.56. The Morgan fingerprint density at radius 1 is 1.35 bits per heavy atom. The number of hydrogen-bond donors (Lipinski definition) is 2. The van der Waals surface area contributed by atoms with Gasteiger partial charge in [-0.15, -0.1) is 0 Å². The number of aliphatic imine (C=N–C) groups is 1. The minimum atomic E-state index is -0.532. The highest BCUT2D eigenvalue weighted by Crippen LogP contribution is 2.29. The van der Waals surface area contributed by atoms with Crippen LogP contribution in [0.15, 0.2) is 35.5 Å². The molecule has 9 heteroatoms. The topological polar surface area (TPSA) is 92.7 Å². The van der Waals surface area contributed by atoms with Gasteiger partial charge in [-0.2, -0.15) is 0 Å². The van der Waals surface area contributed by atoms with Gasteiger partial charge in [-0.25, -0.2) is 4.39 Å². The fourth-order valence-electron chi connectivity index (χ4n) is 3.66. The van der Waals surface area contributed by atoms with Gasteiger partial charge in [-0.05, 0) is 37.6 Å². The van der Waals surface area contributed by atoms with Gasteiger partial charge in [-0.1, -0.05) is 11.6 Å². The third-order valence-corrected chi connectivity index (χ3v) is 5.62. The van der Waals surface area contributed by atoms with Crippen LogP contribution in [0.25, 0.3) is 0 Å². The van der Waals surface area contributed by atoms with E-state index in [0.717, 1.165) is 19.4 Å². The molecule has 1 saturated heterocycles. The monoisotopic (exact) mass is 444 g/mol. The molecule has 1 aromatic carbocycles. The van der Waals surface area contributed by atoms with E-state index in [9.17, 15) is 14.0 Å². The van der Waals surface area contributed by atoms with E-state index in [1.54, 1.807) is 12.3 Å². The Bertz CT molecular complexity index is 1040. The molecule has 1 amide bonds. The first-order valence-corrected chi connectivity index (χ1v) is 10.5. The van der Waals surface area contributed by atoms with E-state index >= 15 is 0 Å². The van der Waals surface area contributed by atoms with Gasteiger partial charge in [-0.3, -0.25) is 19.6 Å². The fourth-order valence-corrected chi connectivity index (χ4v) is 3.83. The number of fused-ring (bicyclic) bond motifs is 1. The van der Waals surface area contributed by atoms with E-state index in [0.29, 0.717) is 35.0 Å². The summed E-state index contributed by atoms with van der Waals surface area (Å²) in [6.45, 7) is 1.85. The number of piperidine rings is 1. The largest absolute Gasteiger partial charge is 0.488 e. The molecule has 1 unspecified atom stereocenters. The fraction of sp³-hybridized carbons (Fsp3) is 0.364. The van der Waals surface area contributed by atoms with Crippen molar-refractivity contribution in [1.29, 1.82) is 0 Å². The average Bonchev–Trinajstić information content (AvgIpc) is 2.79. The van der Waals surface area contributed by atoms with Gasteiger partial charge in [0.15, 0.2) is 5.78 Å². The van der Waals surface area contributed by atoms with Crippen molar-refractivity contribution in [2.45, 2.75) is 25.8 Å². The van der Waals surface area contributed by atoms with Crippen molar-refractivity contribution in [2.75, 3.05) is 19.7 Å². The van der Waals surface area contributed by atoms with Gasteiger partial charge in [0.1, 0.15) is 18.2 Å². The molecule has 4 rings (SSSR count). The van der Waals surface area contributed by atoms with Crippen molar-refractivity contribution >= 4 is 34.7 Å². The van der Waals surface area contributed by atoms with Crippen LogP contribution >= 0.6 is 11.6 Å². The predicted molar refractivity (Wildman–Crippen MR) is 115 cm³/mol. The first kappa shape index (κ1) is 21.4. The van der Waals surface area contributed by atoms with E-state index in [2.05, 4.69) is 20.6 Å². The van der Waals surface area contributed by atoms with Crippen LogP contribution in [0.5, 0.6) is 5.75 Å². The Kier molecular flexibility index (Phi) is 6.58. The number of ketones is 1. The molecule has 0 spiro atoms. The standard InChI is InChI=1S/C22H22ClFN4O3/c23-17-9-15(3-4-18(17)24)31-12-14-8-20(29)16-5-7-26-19(21(16)28-14)11-27-22(30)13-2-1-6-25-10-13/h3-5,7,9,13,25H,1-2,6,8,10-12H2,(H,27,30). The Balaban J connectivity index is 1.46. The molecule has 2 aromatic rings. The number of ether oxygens (including phenoxy) is 1. The minimum Gasteiger partial charge on any atom is -0.488 e. The van der Waals surface area contributed by atoms with Crippen molar-refractivity contribution in [3.8, 4) is 5.75 Å². The molecule has 1 aromatic heterocycles. The molecule has 1 atom stereocenters. The van der Waals surface area contributed by atoms with Crippen LogP contribution < -0.4 is 15.4 Å². The lowest BCUT2D eigenvalue weighted by molar-refractivity contribution is -0.125. The summed E-state index contributed by atoms with van der Waals surface area (Å²) in [5, 5.41) is 6.10. The Hall–Kier alpha value is -2.84. The van der Waals surface area contributed by atoms with Gasteiger partial charge in [0, 0.05) is 24.4 Å². The molecule has 7 nitrogen and oxygen atoms in total. The van der Waals surface area contributed by atoms with E-state index in [-0.39, 0.29) is 42.2 Å². The second kappa shape index (κ2) is 9.53. The highest BCUT2D eigenvalue weighted by atomic mass is 35.5. The molecule has 0 saturated carbocycles. The zero-order valence-electron chi connectivity index (χ0n) is 16.8. The van der Waals surface area contributed by atoms with Gasteiger partial charge < -0.3 is 15.4 Å². The van der Waals surface area contributed by atoms with Crippen LogP contribution in [0, 0.1) is 11.7 Å². The lowest BCUT2D eigenvalue weighted by Gasteiger charge is -2.22. The lowest BCUT2D eigenvalue weighted by atomic mass is 9.98. The van der Waals surface area contributed by atoms with Crippen molar-refractivity contribution in [3.63, 3.8) is 0 Å². The van der Waals surface area contributed by atoms with Crippen LogP contribution in [0.3, 0.4) is 0 Å². The first-order valence-electron chi connectivity index (χ1n) is 10.1. The summed E-state index contributed by atoms with van der Waals surface area (Å²) in [6, 6.07) is 5.68. The number of rotatable bonds is 6. The lowest BCUT2D eigenvalue weighted by Crippen LogP contribution is -2.40. The number of pyridine rings is 1. The number of benzene rings is 1. The molecular weight excluding hydrogens is 423 g/mol. The zero-order chi connectivity index (χ0) is 21.8. The Morgan fingerprint density at radius 3 is 3.00 bits per heavy atom. The normalized spacial score (nSPS) is 18.2. The zero-order valence-corrected chi connectivity index (χ0v) is 17.5. The molecule has 2 aliphatic heterocycles. The summed E-state index contributed by atoms with van der Waals surface area (Å²) in [4.78, 5) is 34.0. The van der Waals surface area contributed by atoms with E-state index in [1.807, 2.05) is 0 Å². The highest BCUT2D eigenvalue weighted by Gasteiger charge is 2.25. The quantitative estimate of drug-likeness (QED) is 0.713. The molecule has 2 N–H and O–H groups in total. The third-order valence-electron chi connectivity index (χ3n) is 5.33. The van der Waals surface area contributed by atoms with E-state index < -0.39 is 5.82 Å². The number of Topliss-reactive ketones (excluding diaryl/α,β-unsaturated/α-hetero) is 1. The smallest absolute Gasteiger partial charge is 0.224 e. The molecule has 1 fully saturated rings. The number of carbonyl (C=O) groups excluding carboxylic acids is 2. The number of carbonyl (C=O) groups is 2. The number of hydrogen-bond acceptors (Lipinski definition) is 6. The van der Waals surface area contributed by atoms with Crippen molar-refractivity contribution in [1.82, 2.24) is 15.6 Å². The SMILES string of the molecule is O=C1CC(COc2ccc(F)c(Cl)c2)=Nc2c1ccnc2CNC(=O)C1CCCNC1. The van der Waals surface area contributed by atoms with Gasteiger partial charge in [0.05, 0.1) is 41.0 Å². The van der Waals surface area contributed by atoms with Crippen molar-refractivity contribution in [2.24, 2.45) is 10.9 Å². The first-order chi connectivity index (χ1) is 15.0. The second-order valence-corrected chi connectivity index (χ2v) is 7.96. The molecule has 2 aliphatic rings. The summed E-state index contributed by atoms with van der Waals surface area (Å²) >= 11 is 5.78. The summed E-state index contributed by atoms with van der Waals surface area (Å²) in [7, 11) is 0. The maximum Gasteiger partial charge on any atom is 0.224 e. The molecule has 0 bridgehead atoms. The molecule has 0 aliphatic carbocycles. The number of nitrogens with one attached hydrogen (secondary N) is 2. The summed E-state index contributed by atoms with van der Waals surface area (Å²) in [6.07, 6.45) is 3.49. The summed E-state index contributed by atoms with van der Waals surface area (Å²) in [5.41, 5.74) is 1.99. The number of nitrogens with zero attached hydrogens (tertiary/aromatic N) is 2. The van der Waals surface area contributed by atoms with Crippen LogP contribution in [0.2, 0.25) is 5.02 Å². The van der Waals surface area contributed by atoms with Gasteiger partial charge >= 0.3 is 0 Å². The summed E-state index contributed by atoms with van der Waals surface area (Å²) < 4.78 is 18.9. The van der Waals surface area contributed by atoms with Crippen molar-refractivity contribution in [3.05, 3.63) is 52.6 Å². The number of halogens is 2. The Morgan fingerprint density at radius 2 is 2.23 bits per heavy atom. The summed E-state index contributed by atoms with van der Waals surface area (Å²) in [5.74, 6) is -0.339. The Labute approximate surface area is 184 Å². The maximum absolute atomic E-state index is 13.3. The molecule has 0 radical (unpaired) electrons. The average molecular weight is 445 g/mol. The molecular formula is C22H22ClFN4O3. The minimum absolute atomic E-state index is 0.0329. The number of aromatic nitrogens is 1. The van der Waals surface area contributed by atoms with Crippen LogP contribution in [-0.4, -0.2) is 42.1 Å². The highest BCUT2D eigenvalue weighted by molar-refractivity contribution is 6.30. The van der Waals surface area contributed by atoms with Gasteiger partial charge in [0.25, 0.3) is 0 Å². The number of amides is 1. The van der Waals surface area contributed by atoms with Gasteiger partial charge in [0.2, 0.25) is 5.91 Å². The van der Waals surface area contributed by atoms with E-state index in [4.69, 9.17) is 16.3 Å². The third kappa shape index (κ3) is 5.08. The molecule has 162 valence electrons. The molecule has 31 heavy (non-hydrogen) atoms.